The third kappa shape index (κ3) is 3.46. The van der Waals surface area contributed by atoms with Crippen LogP contribution in [0.4, 0.5) is 13.2 Å². The van der Waals surface area contributed by atoms with Crippen molar-refractivity contribution in [3.05, 3.63) is 35.8 Å². The summed E-state index contributed by atoms with van der Waals surface area (Å²) in [5, 5.41) is 0. The second-order valence-corrected chi connectivity index (χ2v) is 5.22. The monoisotopic (exact) mass is 281 g/mol. The molecule has 0 saturated heterocycles. The van der Waals surface area contributed by atoms with Crippen molar-refractivity contribution in [2.75, 3.05) is 0 Å². The molecule has 0 bridgehead atoms. The van der Waals surface area contributed by atoms with Gasteiger partial charge in [0.2, 0.25) is 0 Å². The largest absolute Gasteiger partial charge is 0.472 e. The van der Waals surface area contributed by atoms with Crippen molar-refractivity contribution in [1.82, 2.24) is 4.72 Å². The van der Waals surface area contributed by atoms with Gasteiger partial charge in [-0.1, -0.05) is 18.2 Å². The number of hydrogen-bond acceptors (Lipinski definition) is 3. The molecule has 18 heavy (non-hydrogen) atoms. The zero-order chi connectivity index (χ0) is 14.0. The number of hydrogen-bond donors (Lipinski definition) is 1. The molecule has 0 aliphatic heterocycles. The van der Waals surface area contributed by atoms with Gasteiger partial charge in [0, 0.05) is 0 Å². The Bertz CT molecular complexity index is 517. The lowest BCUT2D eigenvalue weighted by atomic mass is 10.0. The summed E-state index contributed by atoms with van der Waals surface area (Å²) >= 11 is 0. The van der Waals surface area contributed by atoms with Gasteiger partial charge < -0.3 is 0 Å². The van der Waals surface area contributed by atoms with Gasteiger partial charge in [-0.3, -0.25) is 4.79 Å². The van der Waals surface area contributed by atoms with Gasteiger partial charge >= 0.3 is 12.1 Å². The van der Waals surface area contributed by atoms with E-state index in [1.54, 1.807) is 6.08 Å². The molecule has 0 aromatic carbocycles. The SMILES string of the molecule is C=CC1C=CC(S(=O)(=O)NC(=O)C(F)(F)F)=CC1. The van der Waals surface area contributed by atoms with Crippen LogP contribution in [-0.2, 0) is 14.8 Å². The highest BCUT2D eigenvalue weighted by Gasteiger charge is 2.41. The standard InChI is InChI=1S/C10H10F3NO3S/c1-2-7-3-5-8(6-4-7)18(16,17)14-9(15)10(11,12)13/h2-3,5-7H,1,4H2,(H,14,15). The second kappa shape index (κ2) is 4.97. The number of amides is 1. The van der Waals surface area contributed by atoms with Gasteiger partial charge in [-0.25, -0.2) is 13.1 Å². The summed E-state index contributed by atoms with van der Waals surface area (Å²) in [5.41, 5.74) is 0. The molecule has 1 unspecified atom stereocenters. The van der Waals surface area contributed by atoms with E-state index < -0.39 is 22.1 Å². The van der Waals surface area contributed by atoms with Crippen LogP contribution in [0, 0.1) is 5.92 Å². The van der Waals surface area contributed by atoms with E-state index in [9.17, 15) is 26.4 Å². The van der Waals surface area contributed by atoms with E-state index in [2.05, 4.69) is 6.58 Å². The zero-order valence-corrected chi connectivity index (χ0v) is 9.88. The first-order valence-electron chi connectivity index (χ1n) is 4.81. The Balaban J connectivity index is 2.85. The first-order valence-corrected chi connectivity index (χ1v) is 6.30. The number of alkyl halides is 3. The molecule has 1 N–H and O–H groups in total. The summed E-state index contributed by atoms with van der Waals surface area (Å²) < 4.78 is 59.7. The minimum atomic E-state index is -5.24. The minimum absolute atomic E-state index is 0.0673. The smallest absolute Gasteiger partial charge is 0.263 e. The summed E-state index contributed by atoms with van der Waals surface area (Å²) in [6.07, 6.45) is 0.497. The van der Waals surface area contributed by atoms with Gasteiger partial charge in [0.15, 0.2) is 0 Å². The zero-order valence-electron chi connectivity index (χ0n) is 9.07. The fourth-order valence-corrected chi connectivity index (χ4v) is 2.28. The molecule has 8 heteroatoms. The highest BCUT2D eigenvalue weighted by Crippen LogP contribution is 2.21. The van der Waals surface area contributed by atoms with E-state index in [-0.39, 0.29) is 10.8 Å². The first-order chi connectivity index (χ1) is 8.16. The molecular weight excluding hydrogens is 271 g/mol. The lowest BCUT2D eigenvalue weighted by molar-refractivity contribution is -0.171. The van der Waals surface area contributed by atoms with Gasteiger partial charge in [0.25, 0.3) is 10.0 Å². The molecule has 0 fully saturated rings. The number of carbonyl (C=O) groups is 1. The quantitative estimate of drug-likeness (QED) is 0.800. The van der Waals surface area contributed by atoms with Crippen molar-refractivity contribution in [3.63, 3.8) is 0 Å². The lowest BCUT2D eigenvalue weighted by Gasteiger charge is -2.14. The van der Waals surface area contributed by atoms with Crippen LogP contribution in [0.3, 0.4) is 0 Å². The molecule has 0 aromatic heterocycles. The van der Waals surface area contributed by atoms with Crippen LogP contribution in [0.5, 0.6) is 0 Å². The summed E-state index contributed by atoms with van der Waals surface area (Å²) in [7, 11) is -4.48. The Morgan fingerprint density at radius 3 is 2.50 bits per heavy atom. The summed E-state index contributed by atoms with van der Waals surface area (Å²) in [6, 6.07) is 0. The lowest BCUT2D eigenvalue weighted by Crippen LogP contribution is -2.40. The maximum atomic E-state index is 11.9. The summed E-state index contributed by atoms with van der Waals surface area (Å²) in [6.45, 7) is 3.50. The molecule has 0 saturated carbocycles. The topological polar surface area (TPSA) is 63.2 Å². The van der Waals surface area contributed by atoms with Crippen molar-refractivity contribution in [2.24, 2.45) is 5.92 Å². The first kappa shape index (κ1) is 14.5. The minimum Gasteiger partial charge on any atom is -0.263 e. The van der Waals surface area contributed by atoms with E-state index in [1.165, 1.54) is 12.2 Å². The third-order valence-electron chi connectivity index (χ3n) is 2.20. The molecule has 0 heterocycles. The van der Waals surface area contributed by atoms with Crippen LogP contribution in [0.25, 0.3) is 0 Å². The summed E-state index contributed by atoms with van der Waals surface area (Å²) in [4.78, 5) is 10.2. The predicted octanol–water partition coefficient (Wildman–Crippen LogP) is 1.64. The Kier molecular flexibility index (Phi) is 4.00. The normalized spacial score (nSPS) is 20.2. The van der Waals surface area contributed by atoms with Gasteiger partial charge in [-0.15, -0.1) is 6.58 Å². The van der Waals surface area contributed by atoms with Crippen LogP contribution in [0.2, 0.25) is 0 Å². The number of halogens is 3. The second-order valence-electron chi connectivity index (χ2n) is 3.53. The number of carbonyl (C=O) groups excluding carboxylic acids is 1. The van der Waals surface area contributed by atoms with E-state index in [0.717, 1.165) is 10.8 Å². The number of nitrogens with one attached hydrogen (secondary N) is 1. The van der Waals surface area contributed by atoms with Crippen molar-refractivity contribution >= 4 is 15.9 Å². The molecular formula is C10H10F3NO3S. The van der Waals surface area contributed by atoms with Crippen LogP contribution >= 0.6 is 0 Å². The maximum Gasteiger partial charge on any atom is 0.472 e. The van der Waals surface area contributed by atoms with Gasteiger partial charge in [0.1, 0.15) is 0 Å². The molecule has 0 radical (unpaired) electrons. The molecule has 1 atom stereocenters. The van der Waals surface area contributed by atoms with Crippen LogP contribution in [-0.4, -0.2) is 20.5 Å². The molecule has 100 valence electrons. The van der Waals surface area contributed by atoms with Crippen LogP contribution in [0.15, 0.2) is 35.8 Å². The summed E-state index contributed by atoms with van der Waals surface area (Å²) in [5.74, 6) is -2.58. The van der Waals surface area contributed by atoms with Crippen LogP contribution < -0.4 is 4.72 Å². The van der Waals surface area contributed by atoms with Crippen molar-refractivity contribution in [3.8, 4) is 0 Å². The maximum absolute atomic E-state index is 11.9. The van der Waals surface area contributed by atoms with Crippen LogP contribution in [0.1, 0.15) is 6.42 Å². The predicted molar refractivity (Wildman–Crippen MR) is 58.6 cm³/mol. The number of rotatable bonds is 3. The van der Waals surface area contributed by atoms with Gasteiger partial charge in [-0.05, 0) is 18.4 Å². The Morgan fingerprint density at radius 1 is 1.50 bits per heavy atom. The molecule has 0 aromatic rings. The molecule has 1 rings (SSSR count). The van der Waals surface area contributed by atoms with Crippen molar-refractivity contribution in [2.45, 2.75) is 12.6 Å². The molecule has 1 aliphatic carbocycles. The fourth-order valence-electron chi connectivity index (χ4n) is 1.23. The van der Waals surface area contributed by atoms with E-state index in [4.69, 9.17) is 0 Å². The average molecular weight is 281 g/mol. The number of sulfonamides is 1. The van der Waals surface area contributed by atoms with E-state index >= 15 is 0 Å². The highest BCUT2D eigenvalue weighted by molar-refractivity contribution is 7.94. The molecule has 0 spiro atoms. The highest BCUT2D eigenvalue weighted by atomic mass is 32.2. The third-order valence-corrected chi connectivity index (χ3v) is 3.57. The van der Waals surface area contributed by atoms with E-state index in [0.29, 0.717) is 6.42 Å². The number of allylic oxidation sites excluding steroid dienone is 4. The Morgan fingerprint density at radius 2 is 2.11 bits per heavy atom. The van der Waals surface area contributed by atoms with Crippen molar-refractivity contribution < 1.29 is 26.4 Å². The average Bonchev–Trinajstić information content (AvgIpc) is 2.27. The van der Waals surface area contributed by atoms with Crippen molar-refractivity contribution in [1.29, 1.82) is 0 Å². The molecule has 1 amide bonds. The van der Waals surface area contributed by atoms with E-state index in [1.807, 2.05) is 0 Å². The Labute approximate surface area is 102 Å². The fraction of sp³-hybridized carbons (Fsp3) is 0.300. The molecule has 1 aliphatic rings. The van der Waals surface area contributed by atoms with Gasteiger partial charge in [0.05, 0.1) is 4.91 Å². The van der Waals surface area contributed by atoms with Gasteiger partial charge in [-0.2, -0.15) is 13.2 Å². The Hall–Kier alpha value is -1.57. The molecule has 4 nitrogen and oxygen atoms in total.